The number of rotatable bonds is 6. The van der Waals surface area contributed by atoms with Crippen LogP contribution < -0.4 is 9.30 Å². The van der Waals surface area contributed by atoms with Crippen molar-refractivity contribution in [2.24, 2.45) is 0 Å². The molecule has 3 heteroatoms. The molecule has 5 aromatic rings. The van der Waals surface area contributed by atoms with Gasteiger partial charge in [-0.15, -0.1) is 0 Å². The molecule has 1 aromatic heterocycles. The minimum absolute atomic E-state index is 0.322. The molecule has 0 saturated carbocycles. The highest BCUT2D eigenvalue weighted by atomic mass is 16.5. The van der Waals surface area contributed by atoms with Crippen LogP contribution in [-0.2, 0) is 11.3 Å². The van der Waals surface area contributed by atoms with Gasteiger partial charge in [-0.3, -0.25) is 4.79 Å². The highest BCUT2D eigenvalue weighted by Crippen LogP contribution is 2.30. The highest BCUT2D eigenvalue weighted by Gasteiger charge is 2.23. The van der Waals surface area contributed by atoms with Crippen LogP contribution in [-0.4, -0.2) is 5.97 Å². The fraction of sp³-hybridized carbons (Fsp3) is 0.0625. The quantitative estimate of drug-likeness (QED) is 0.157. The molecule has 170 valence electrons. The summed E-state index contributed by atoms with van der Waals surface area (Å²) < 4.78 is 7.62. The van der Waals surface area contributed by atoms with Crippen LogP contribution in [0.5, 0.6) is 5.75 Å². The van der Waals surface area contributed by atoms with E-state index < -0.39 is 0 Å². The van der Waals surface area contributed by atoms with Gasteiger partial charge in [0.1, 0.15) is 5.75 Å². The molecule has 1 heterocycles. The maximum Gasteiger partial charge on any atom is 0.308 e. The second-order valence-electron chi connectivity index (χ2n) is 8.44. The van der Waals surface area contributed by atoms with E-state index in [1.54, 1.807) is 0 Å². The number of hydrogen-bond donors (Lipinski definition) is 0. The molecule has 0 aliphatic heterocycles. The Hall–Kier alpha value is -4.50. The molecule has 0 unspecified atom stereocenters. The van der Waals surface area contributed by atoms with Crippen molar-refractivity contribution in [1.82, 2.24) is 0 Å². The van der Waals surface area contributed by atoms with Crippen LogP contribution in [0.2, 0.25) is 0 Å². The van der Waals surface area contributed by atoms with Crippen LogP contribution in [0.15, 0.2) is 127 Å². The smallest absolute Gasteiger partial charge is 0.308 e. The van der Waals surface area contributed by atoms with Gasteiger partial charge in [0.05, 0.1) is 0 Å². The predicted octanol–water partition coefficient (Wildman–Crippen LogP) is 6.95. The van der Waals surface area contributed by atoms with E-state index in [1.807, 2.05) is 42.5 Å². The van der Waals surface area contributed by atoms with E-state index in [-0.39, 0.29) is 5.97 Å². The summed E-state index contributed by atoms with van der Waals surface area (Å²) in [6, 6.07) is 43.7. The van der Waals surface area contributed by atoms with Crippen molar-refractivity contribution in [3.05, 3.63) is 133 Å². The normalized spacial score (nSPS) is 10.7. The van der Waals surface area contributed by atoms with Gasteiger partial charge in [-0.2, -0.15) is 4.57 Å². The van der Waals surface area contributed by atoms with Crippen LogP contribution in [0.1, 0.15) is 12.5 Å². The van der Waals surface area contributed by atoms with Crippen LogP contribution in [0, 0.1) is 0 Å². The van der Waals surface area contributed by atoms with Crippen LogP contribution >= 0.6 is 0 Å². The summed E-state index contributed by atoms with van der Waals surface area (Å²) >= 11 is 0. The van der Waals surface area contributed by atoms with Crippen molar-refractivity contribution < 1.29 is 14.1 Å². The molecular weight excluding hydrogens is 430 g/mol. The third kappa shape index (κ3) is 5.20. The van der Waals surface area contributed by atoms with Crippen molar-refractivity contribution in [2.75, 3.05) is 0 Å². The fourth-order valence-electron chi connectivity index (χ4n) is 4.30. The van der Waals surface area contributed by atoms with E-state index in [0.29, 0.717) is 5.75 Å². The van der Waals surface area contributed by atoms with Crippen molar-refractivity contribution in [3.8, 4) is 39.4 Å². The first kappa shape index (κ1) is 22.3. The first-order chi connectivity index (χ1) is 17.2. The van der Waals surface area contributed by atoms with Gasteiger partial charge in [0.15, 0.2) is 6.54 Å². The lowest BCUT2D eigenvalue weighted by Crippen LogP contribution is -2.39. The van der Waals surface area contributed by atoms with Gasteiger partial charge < -0.3 is 4.74 Å². The lowest BCUT2D eigenvalue weighted by molar-refractivity contribution is -0.666. The minimum Gasteiger partial charge on any atom is -0.427 e. The van der Waals surface area contributed by atoms with Gasteiger partial charge in [-0.25, -0.2) is 0 Å². The highest BCUT2D eigenvalue weighted by molar-refractivity contribution is 5.75. The first-order valence-corrected chi connectivity index (χ1v) is 11.7. The lowest BCUT2D eigenvalue weighted by atomic mass is 9.98. The SMILES string of the molecule is CC(=O)Oc1ccc(-c2cc(-c3ccccc3)[n+](Cc3ccccc3)c(-c3ccccc3)c2)cc1. The summed E-state index contributed by atoms with van der Waals surface area (Å²) in [6.07, 6.45) is 0. The molecule has 0 fully saturated rings. The Balaban J connectivity index is 1.72. The van der Waals surface area contributed by atoms with E-state index >= 15 is 0 Å². The largest absolute Gasteiger partial charge is 0.427 e. The standard InChI is InChI=1S/C32H26NO2/c1-24(34)35-30-19-17-26(18-20-30)29-21-31(27-13-7-3-8-14-27)33(23-25-11-5-2-6-12-25)32(22-29)28-15-9-4-10-16-28/h2-22H,23H2,1H3/q+1. The van der Waals surface area contributed by atoms with Crippen LogP contribution in [0.25, 0.3) is 33.6 Å². The summed E-state index contributed by atoms with van der Waals surface area (Å²) in [7, 11) is 0. The number of pyridine rings is 1. The lowest BCUT2D eigenvalue weighted by Gasteiger charge is -2.13. The molecular formula is C32H26NO2+. The molecule has 4 aromatic carbocycles. The van der Waals surface area contributed by atoms with Gasteiger partial charge in [0, 0.05) is 35.7 Å². The van der Waals surface area contributed by atoms with E-state index in [0.717, 1.165) is 40.2 Å². The molecule has 0 saturated heterocycles. The molecule has 3 nitrogen and oxygen atoms in total. The van der Waals surface area contributed by atoms with Gasteiger partial charge in [-0.05, 0) is 47.5 Å². The molecule has 0 aliphatic rings. The molecule has 0 aliphatic carbocycles. The Bertz CT molecular complexity index is 1370. The zero-order chi connectivity index (χ0) is 24.0. The summed E-state index contributed by atoms with van der Waals surface area (Å²) in [5, 5.41) is 0. The second-order valence-corrected chi connectivity index (χ2v) is 8.44. The number of esters is 1. The van der Waals surface area contributed by atoms with Gasteiger partial charge in [0.25, 0.3) is 0 Å². The number of carbonyl (C=O) groups is 1. The Kier molecular flexibility index (Phi) is 6.49. The van der Waals surface area contributed by atoms with Crippen molar-refractivity contribution in [2.45, 2.75) is 13.5 Å². The van der Waals surface area contributed by atoms with Gasteiger partial charge in [0.2, 0.25) is 11.4 Å². The van der Waals surface area contributed by atoms with E-state index in [1.165, 1.54) is 12.5 Å². The predicted molar refractivity (Wildman–Crippen MR) is 140 cm³/mol. The summed E-state index contributed by atoms with van der Waals surface area (Å²) in [5.74, 6) is 0.222. The van der Waals surface area contributed by atoms with Crippen LogP contribution in [0.4, 0.5) is 0 Å². The molecule has 0 N–H and O–H groups in total. The Morgan fingerprint density at radius 2 is 1.09 bits per heavy atom. The zero-order valence-corrected chi connectivity index (χ0v) is 19.6. The maximum absolute atomic E-state index is 11.3. The van der Waals surface area contributed by atoms with E-state index in [4.69, 9.17) is 4.74 Å². The summed E-state index contributed by atoms with van der Waals surface area (Å²) in [6.45, 7) is 2.16. The molecule has 0 bridgehead atoms. The fourth-order valence-corrected chi connectivity index (χ4v) is 4.30. The zero-order valence-electron chi connectivity index (χ0n) is 19.6. The molecule has 0 atom stereocenters. The maximum atomic E-state index is 11.3. The van der Waals surface area contributed by atoms with Gasteiger partial charge >= 0.3 is 5.97 Å². The average molecular weight is 457 g/mol. The monoisotopic (exact) mass is 456 g/mol. The minimum atomic E-state index is -0.322. The number of hydrogen-bond acceptors (Lipinski definition) is 2. The van der Waals surface area contributed by atoms with Gasteiger partial charge in [-0.1, -0.05) is 78.9 Å². The van der Waals surface area contributed by atoms with E-state index in [2.05, 4.69) is 89.5 Å². The molecule has 35 heavy (non-hydrogen) atoms. The number of benzene rings is 4. The molecule has 0 amide bonds. The van der Waals surface area contributed by atoms with E-state index in [9.17, 15) is 4.79 Å². The van der Waals surface area contributed by atoms with Crippen molar-refractivity contribution in [1.29, 1.82) is 0 Å². The summed E-state index contributed by atoms with van der Waals surface area (Å²) in [4.78, 5) is 11.3. The number of carbonyl (C=O) groups excluding carboxylic acids is 1. The average Bonchev–Trinajstić information content (AvgIpc) is 2.90. The van der Waals surface area contributed by atoms with Crippen LogP contribution in [0.3, 0.4) is 0 Å². The number of ether oxygens (including phenoxy) is 1. The second kappa shape index (κ2) is 10.2. The topological polar surface area (TPSA) is 30.2 Å². The number of aromatic nitrogens is 1. The third-order valence-corrected chi connectivity index (χ3v) is 5.94. The number of nitrogens with zero attached hydrogens (tertiary/aromatic N) is 1. The van der Waals surface area contributed by atoms with Crippen molar-refractivity contribution >= 4 is 5.97 Å². The summed E-state index contributed by atoms with van der Waals surface area (Å²) in [5.41, 5.74) is 7.97. The van der Waals surface area contributed by atoms with Crippen molar-refractivity contribution in [3.63, 3.8) is 0 Å². The Morgan fingerprint density at radius 3 is 1.57 bits per heavy atom. The molecule has 5 rings (SSSR count). The Labute approximate surface area is 205 Å². The third-order valence-electron chi connectivity index (χ3n) is 5.94. The molecule has 0 spiro atoms. The first-order valence-electron chi connectivity index (χ1n) is 11.7. The Morgan fingerprint density at radius 1 is 0.600 bits per heavy atom. The molecule has 0 radical (unpaired) electrons.